The van der Waals surface area contributed by atoms with Gasteiger partial charge in [-0.3, -0.25) is 9.79 Å². The first-order valence-corrected chi connectivity index (χ1v) is 8.57. The summed E-state index contributed by atoms with van der Waals surface area (Å²) in [5.74, 6) is 0.0828. The number of halogens is 2. The van der Waals surface area contributed by atoms with E-state index >= 15 is 0 Å². The predicted octanol–water partition coefficient (Wildman–Crippen LogP) is 3.47. The number of rotatable bonds is 5. The monoisotopic (exact) mass is 376 g/mol. The molecule has 1 fully saturated rings. The van der Waals surface area contributed by atoms with Crippen LogP contribution >= 0.6 is 11.6 Å². The van der Waals surface area contributed by atoms with E-state index in [2.05, 4.69) is 4.99 Å². The molecule has 0 unspecified atom stereocenters. The fraction of sp³-hybridized carbons (Fsp3) is 0.263. The zero-order valence-electron chi connectivity index (χ0n) is 14.0. The Hall–Kier alpha value is -2.44. The zero-order chi connectivity index (χ0) is 18.4. The van der Waals surface area contributed by atoms with Crippen LogP contribution < -0.4 is 4.74 Å². The molecule has 7 heteroatoms. The van der Waals surface area contributed by atoms with Crippen LogP contribution in [0.3, 0.4) is 0 Å². The van der Waals surface area contributed by atoms with Crippen molar-refractivity contribution in [3.8, 4) is 5.75 Å². The normalized spacial score (nSPS) is 14.6. The smallest absolute Gasteiger partial charge is 0.260 e. The van der Waals surface area contributed by atoms with Gasteiger partial charge in [-0.1, -0.05) is 11.6 Å². The Labute approximate surface area is 156 Å². The van der Waals surface area contributed by atoms with E-state index in [4.69, 9.17) is 21.1 Å². The highest BCUT2D eigenvalue weighted by Crippen LogP contribution is 2.21. The first-order valence-electron chi connectivity index (χ1n) is 8.19. The Kier molecular flexibility index (Phi) is 6.20. The number of carbonyl (C=O) groups is 1. The van der Waals surface area contributed by atoms with Gasteiger partial charge in [0.25, 0.3) is 5.91 Å². The maximum Gasteiger partial charge on any atom is 0.260 e. The Morgan fingerprint density at radius 2 is 1.96 bits per heavy atom. The van der Waals surface area contributed by atoms with Crippen molar-refractivity contribution in [1.29, 1.82) is 0 Å². The molecule has 0 aliphatic carbocycles. The van der Waals surface area contributed by atoms with Gasteiger partial charge in [-0.15, -0.1) is 0 Å². The van der Waals surface area contributed by atoms with Gasteiger partial charge in [-0.05, 0) is 48.0 Å². The fourth-order valence-electron chi connectivity index (χ4n) is 2.41. The molecular formula is C19H18ClFN2O3. The maximum absolute atomic E-state index is 13.1. The number of aliphatic imine (C=N–C) groups is 1. The van der Waals surface area contributed by atoms with Crippen molar-refractivity contribution in [3.05, 3.63) is 58.9 Å². The van der Waals surface area contributed by atoms with E-state index in [-0.39, 0.29) is 17.5 Å². The number of benzene rings is 2. The second-order valence-electron chi connectivity index (χ2n) is 5.71. The summed E-state index contributed by atoms with van der Waals surface area (Å²) < 4.78 is 23.9. The third-order valence-corrected chi connectivity index (χ3v) is 4.16. The average Bonchev–Trinajstić information content (AvgIpc) is 2.68. The van der Waals surface area contributed by atoms with Crippen molar-refractivity contribution in [1.82, 2.24) is 4.90 Å². The molecule has 136 valence electrons. The molecule has 0 saturated carbocycles. The lowest BCUT2D eigenvalue weighted by Crippen LogP contribution is -2.42. The lowest BCUT2D eigenvalue weighted by Gasteiger charge is -2.26. The van der Waals surface area contributed by atoms with E-state index in [0.29, 0.717) is 37.7 Å². The molecule has 0 atom stereocenters. The minimum Gasteiger partial charge on any atom is -0.484 e. The molecule has 1 amide bonds. The van der Waals surface area contributed by atoms with Gasteiger partial charge >= 0.3 is 0 Å². The third-order valence-electron chi connectivity index (χ3n) is 3.87. The molecule has 0 N–H and O–H groups in total. The highest BCUT2D eigenvalue weighted by Gasteiger charge is 2.16. The highest BCUT2D eigenvalue weighted by atomic mass is 35.5. The van der Waals surface area contributed by atoms with Crippen LogP contribution in [0.2, 0.25) is 5.02 Å². The van der Waals surface area contributed by atoms with Crippen molar-refractivity contribution in [3.63, 3.8) is 0 Å². The molecule has 0 aromatic heterocycles. The van der Waals surface area contributed by atoms with E-state index in [9.17, 15) is 9.18 Å². The summed E-state index contributed by atoms with van der Waals surface area (Å²) in [7, 11) is 0. The molecule has 1 aliphatic rings. The quantitative estimate of drug-likeness (QED) is 0.751. The van der Waals surface area contributed by atoms with E-state index in [1.807, 2.05) is 12.1 Å². The molecular weight excluding hydrogens is 359 g/mol. The first-order chi connectivity index (χ1) is 12.6. The van der Waals surface area contributed by atoms with Crippen LogP contribution in [0.5, 0.6) is 5.75 Å². The van der Waals surface area contributed by atoms with Crippen LogP contribution in [0.1, 0.15) is 5.56 Å². The van der Waals surface area contributed by atoms with Crippen LogP contribution in [0.4, 0.5) is 10.1 Å². The number of hydrogen-bond acceptors (Lipinski definition) is 4. The molecule has 0 spiro atoms. The van der Waals surface area contributed by atoms with Gasteiger partial charge < -0.3 is 14.4 Å². The van der Waals surface area contributed by atoms with Gasteiger partial charge in [-0.25, -0.2) is 4.39 Å². The number of hydrogen-bond donors (Lipinski definition) is 0. The maximum atomic E-state index is 13.1. The van der Waals surface area contributed by atoms with E-state index < -0.39 is 5.82 Å². The van der Waals surface area contributed by atoms with E-state index in [1.165, 1.54) is 12.1 Å². The van der Waals surface area contributed by atoms with Crippen molar-refractivity contribution in [2.24, 2.45) is 4.99 Å². The number of amides is 1. The minimum absolute atomic E-state index is 0.00150. The van der Waals surface area contributed by atoms with E-state index in [1.54, 1.807) is 29.3 Å². The lowest BCUT2D eigenvalue weighted by atomic mass is 10.2. The second kappa shape index (κ2) is 8.78. The Balaban J connectivity index is 1.53. The highest BCUT2D eigenvalue weighted by molar-refractivity contribution is 6.31. The van der Waals surface area contributed by atoms with Crippen LogP contribution in [0.25, 0.3) is 0 Å². The van der Waals surface area contributed by atoms with Crippen LogP contribution in [-0.4, -0.2) is 49.9 Å². The largest absolute Gasteiger partial charge is 0.484 e. The van der Waals surface area contributed by atoms with Crippen molar-refractivity contribution in [2.75, 3.05) is 32.9 Å². The second-order valence-corrected chi connectivity index (χ2v) is 6.11. The Morgan fingerprint density at radius 1 is 1.23 bits per heavy atom. The van der Waals surface area contributed by atoms with E-state index in [0.717, 1.165) is 5.56 Å². The van der Waals surface area contributed by atoms with Crippen molar-refractivity contribution < 1.29 is 18.7 Å². The minimum atomic E-state index is -0.473. The lowest BCUT2D eigenvalue weighted by molar-refractivity contribution is -0.137. The summed E-state index contributed by atoms with van der Waals surface area (Å²) in [5.41, 5.74) is 1.41. The molecule has 2 aromatic carbocycles. The van der Waals surface area contributed by atoms with Gasteiger partial charge in [0.1, 0.15) is 11.6 Å². The summed E-state index contributed by atoms with van der Waals surface area (Å²) in [5, 5.41) is 0.0355. The number of carbonyl (C=O) groups excluding carboxylic acids is 1. The zero-order valence-corrected chi connectivity index (χ0v) is 14.8. The van der Waals surface area contributed by atoms with Crippen molar-refractivity contribution in [2.45, 2.75) is 0 Å². The summed E-state index contributed by atoms with van der Waals surface area (Å²) in [6, 6.07) is 11.5. The summed E-state index contributed by atoms with van der Waals surface area (Å²) in [4.78, 5) is 18.0. The number of morpholine rings is 1. The number of ether oxygens (including phenoxy) is 2. The fourth-order valence-corrected chi connectivity index (χ4v) is 2.59. The molecule has 26 heavy (non-hydrogen) atoms. The molecule has 0 radical (unpaired) electrons. The van der Waals surface area contributed by atoms with Crippen molar-refractivity contribution >= 4 is 29.4 Å². The van der Waals surface area contributed by atoms with Crippen LogP contribution in [0, 0.1) is 5.82 Å². The molecule has 5 nitrogen and oxygen atoms in total. The molecule has 1 saturated heterocycles. The van der Waals surface area contributed by atoms with Gasteiger partial charge in [0.05, 0.1) is 23.9 Å². The van der Waals surface area contributed by atoms with Gasteiger partial charge in [0.15, 0.2) is 6.61 Å². The Morgan fingerprint density at radius 3 is 2.65 bits per heavy atom. The topological polar surface area (TPSA) is 51.1 Å². The summed E-state index contributed by atoms with van der Waals surface area (Å²) in [6.45, 7) is 2.34. The molecule has 1 aliphatic heterocycles. The molecule has 2 aromatic rings. The Bertz CT molecular complexity index is 790. The summed E-state index contributed by atoms with van der Waals surface area (Å²) >= 11 is 5.73. The average molecular weight is 377 g/mol. The van der Waals surface area contributed by atoms with Gasteiger partial charge in [0, 0.05) is 19.3 Å². The van der Waals surface area contributed by atoms with Crippen LogP contribution in [0.15, 0.2) is 47.5 Å². The van der Waals surface area contributed by atoms with Gasteiger partial charge in [-0.2, -0.15) is 0 Å². The first kappa shape index (κ1) is 18.4. The number of nitrogens with zero attached hydrogens (tertiary/aromatic N) is 2. The van der Waals surface area contributed by atoms with Crippen LogP contribution in [-0.2, 0) is 9.53 Å². The predicted molar refractivity (Wildman–Crippen MR) is 98.0 cm³/mol. The molecule has 0 bridgehead atoms. The summed E-state index contributed by atoms with van der Waals surface area (Å²) in [6.07, 6.45) is 1.65. The SMILES string of the molecule is O=C(COc1ccc(C=Nc2ccc(F)c(Cl)c2)cc1)N1CCOCC1. The van der Waals surface area contributed by atoms with Gasteiger partial charge in [0.2, 0.25) is 0 Å². The standard InChI is InChI=1S/C19H18ClFN2O3/c20-17-11-15(3-6-18(17)21)22-12-14-1-4-16(5-2-14)26-13-19(24)23-7-9-25-10-8-23/h1-6,11-12H,7-10,13H2. The molecule has 1 heterocycles. The third kappa shape index (κ3) is 5.03. The molecule has 3 rings (SSSR count).